The molecule has 0 N–H and O–H groups in total. The molecule has 62 valence electrons. The Hall–Kier alpha value is -0.410. The van der Waals surface area contributed by atoms with E-state index in [2.05, 4.69) is 6.92 Å². The van der Waals surface area contributed by atoms with Crippen LogP contribution >= 0.6 is 0 Å². The summed E-state index contributed by atoms with van der Waals surface area (Å²) in [6.45, 7) is 2.06. The van der Waals surface area contributed by atoms with Gasteiger partial charge in [-0.25, -0.2) is 0 Å². The van der Waals surface area contributed by atoms with Gasteiger partial charge in [0.15, 0.2) is 0 Å². The summed E-state index contributed by atoms with van der Waals surface area (Å²) in [5.41, 5.74) is 1.23. The van der Waals surface area contributed by atoms with Crippen LogP contribution in [0.5, 0.6) is 0 Å². The summed E-state index contributed by atoms with van der Waals surface area (Å²) in [6, 6.07) is 0. The first-order chi connectivity index (χ1) is 5.24. The van der Waals surface area contributed by atoms with Gasteiger partial charge in [-0.05, 0) is 23.9 Å². The van der Waals surface area contributed by atoms with Gasteiger partial charge in [0.1, 0.15) is 0 Å². The van der Waals surface area contributed by atoms with Crippen LogP contribution in [0.4, 0.5) is 0 Å². The van der Waals surface area contributed by atoms with Gasteiger partial charge in [0, 0.05) is 5.25 Å². The number of rotatable bonds is 2. The van der Waals surface area contributed by atoms with E-state index in [4.69, 9.17) is 0 Å². The van der Waals surface area contributed by atoms with Gasteiger partial charge in [-0.2, -0.15) is 0 Å². The zero-order valence-corrected chi connectivity index (χ0v) is 7.26. The molecule has 2 atom stereocenters. The predicted molar refractivity (Wildman–Crippen MR) is 44.8 cm³/mol. The molecule has 0 fully saturated rings. The average Bonchev–Trinajstić information content (AvgIpc) is 2.05. The third-order valence-electron chi connectivity index (χ3n) is 1.79. The lowest BCUT2D eigenvalue weighted by Crippen LogP contribution is -2.12. The zero-order valence-electron chi connectivity index (χ0n) is 6.45. The highest BCUT2D eigenvalue weighted by molar-refractivity contribution is 7.80. The van der Waals surface area contributed by atoms with Gasteiger partial charge in [0.25, 0.3) is 0 Å². The molecule has 2 unspecified atom stereocenters. The van der Waals surface area contributed by atoms with Crippen LogP contribution in [0.3, 0.4) is 0 Å². The first-order valence-electron chi connectivity index (χ1n) is 3.69. The van der Waals surface area contributed by atoms with Crippen molar-refractivity contribution < 1.29 is 8.76 Å². The van der Waals surface area contributed by atoms with Gasteiger partial charge in [0.2, 0.25) is 0 Å². The van der Waals surface area contributed by atoms with Crippen LogP contribution in [0.2, 0.25) is 0 Å². The zero-order chi connectivity index (χ0) is 8.27. The molecule has 11 heavy (non-hydrogen) atoms. The minimum absolute atomic E-state index is 0.301. The van der Waals surface area contributed by atoms with Crippen molar-refractivity contribution in [3.63, 3.8) is 0 Å². The molecule has 0 aromatic carbocycles. The summed E-state index contributed by atoms with van der Waals surface area (Å²) in [7, 11) is 0. The van der Waals surface area contributed by atoms with E-state index in [-0.39, 0.29) is 5.25 Å². The Balaban J connectivity index is 2.57. The van der Waals surface area contributed by atoms with E-state index >= 15 is 0 Å². The molecule has 1 aliphatic carbocycles. The average molecular weight is 171 g/mol. The van der Waals surface area contributed by atoms with E-state index in [9.17, 15) is 8.76 Å². The molecule has 1 aliphatic rings. The largest absolute Gasteiger partial charge is 0.772 e. The molecule has 0 amide bonds. The second kappa shape index (κ2) is 3.83. The number of hydrogen-bond acceptors (Lipinski definition) is 2. The second-order valence-corrected chi connectivity index (χ2v) is 3.65. The lowest BCUT2D eigenvalue weighted by molar-refractivity contribution is 0.529. The molecule has 0 radical (unpaired) electrons. The van der Waals surface area contributed by atoms with Crippen LogP contribution in [0.25, 0.3) is 0 Å². The van der Waals surface area contributed by atoms with Gasteiger partial charge in [-0.3, -0.25) is 4.21 Å². The summed E-state index contributed by atoms with van der Waals surface area (Å²) in [6.07, 6.45) is 7.25. The van der Waals surface area contributed by atoms with E-state index in [0.29, 0.717) is 6.42 Å². The van der Waals surface area contributed by atoms with Crippen LogP contribution < -0.4 is 0 Å². The van der Waals surface area contributed by atoms with Gasteiger partial charge in [-0.1, -0.05) is 30.7 Å². The van der Waals surface area contributed by atoms with Crippen molar-refractivity contribution in [2.75, 3.05) is 0 Å². The molecule has 0 heterocycles. The van der Waals surface area contributed by atoms with Gasteiger partial charge >= 0.3 is 0 Å². The maximum Gasteiger partial charge on any atom is 0.0433 e. The molecule has 3 heteroatoms. The Labute approximate surface area is 69.3 Å². The second-order valence-electron chi connectivity index (χ2n) is 2.53. The highest BCUT2D eigenvalue weighted by Crippen LogP contribution is 2.15. The van der Waals surface area contributed by atoms with Crippen molar-refractivity contribution in [3.8, 4) is 0 Å². The Morgan fingerprint density at radius 2 is 2.55 bits per heavy atom. The van der Waals surface area contributed by atoms with E-state index in [1.165, 1.54) is 5.57 Å². The Morgan fingerprint density at radius 3 is 2.91 bits per heavy atom. The van der Waals surface area contributed by atoms with E-state index in [1.807, 2.05) is 12.2 Å². The third kappa shape index (κ3) is 2.27. The van der Waals surface area contributed by atoms with Crippen molar-refractivity contribution in [2.45, 2.75) is 25.0 Å². The lowest BCUT2D eigenvalue weighted by atomic mass is 10.1. The van der Waals surface area contributed by atoms with Crippen molar-refractivity contribution in [1.29, 1.82) is 0 Å². The van der Waals surface area contributed by atoms with E-state index in [0.717, 1.165) is 6.42 Å². The smallest absolute Gasteiger partial charge is 0.0433 e. The predicted octanol–water partition coefficient (Wildman–Crippen LogP) is 1.53. The molecule has 2 nitrogen and oxygen atoms in total. The van der Waals surface area contributed by atoms with Gasteiger partial charge in [0.05, 0.1) is 0 Å². The summed E-state index contributed by atoms with van der Waals surface area (Å²) >= 11 is -1.95. The molecular formula is C8H11O2S-. The van der Waals surface area contributed by atoms with E-state index < -0.39 is 11.1 Å². The quantitative estimate of drug-likeness (QED) is 0.591. The van der Waals surface area contributed by atoms with Crippen molar-refractivity contribution in [2.24, 2.45) is 0 Å². The molecule has 1 rings (SSSR count). The van der Waals surface area contributed by atoms with Gasteiger partial charge in [-0.15, -0.1) is 0 Å². The standard InChI is InChI=1S/C8H12O2S/c1-2-7-3-5-8(6-4-7)11(9)10/h3-5,8H,2,6H2,1H3,(H,9,10)/p-1. The maximum atomic E-state index is 10.5. The van der Waals surface area contributed by atoms with Gasteiger partial charge < -0.3 is 4.55 Å². The molecular weight excluding hydrogens is 160 g/mol. The Kier molecular flexibility index (Phi) is 3.02. The third-order valence-corrected chi connectivity index (χ3v) is 2.64. The van der Waals surface area contributed by atoms with Crippen LogP contribution in [0, 0.1) is 0 Å². The van der Waals surface area contributed by atoms with Crippen molar-refractivity contribution in [1.82, 2.24) is 0 Å². The number of hydrogen-bond donors (Lipinski definition) is 0. The first kappa shape index (κ1) is 8.68. The summed E-state index contributed by atoms with van der Waals surface area (Å²) in [4.78, 5) is 0. The SMILES string of the molecule is CCC1=CCC(S(=O)[O-])C=C1. The fourth-order valence-electron chi connectivity index (χ4n) is 1.05. The maximum absolute atomic E-state index is 10.5. The molecule has 0 saturated heterocycles. The molecule has 0 saturated carbocycles. The normalized spacial score (nSPS) is 26.4. The molecule has 0 aromatic heterocycles. The Morgan fingerprint density at radius 1 is 1.82 bits per heavy atom. The molecule has 0 aliphatic heterocycles. The van der Waals surface area contributed by atoms with Crippen molar-refractivity contribution >= 4 is 11.1 Å². The summed E-state index contributed by atoms with van der Waals surface area (Å²) in [5, 5.41) is -0.301. The fraction of sp³-hybridized carbons (Fsp3) is 0.500. The molecule has 0 spiro atoms. The summed E-state index contributed by atoms with van der Waals surface area (Å²) < 4.78 is 20.9. The highest BCUT2D eigenvalue weighted by Gasteiger charge is 2.07. The highest BCUT2D eigenvalue weighted by atomic mass is 32.2. The minimum atomic E-state index is -1.95. The topological polar surface area (TPSA) is 40.1 Å². The molecule has 0 aromatic rings. The van der Waals surface area contributed by atoms with Crippen molar-refractivity contribution in [3.05, 3.63) is 23.8 Å². The Bertz CT molecular complexity index is 218. The lowest BCUT2D eigenvalue weighted by Gasteiger charge is -2.17. The van der Waals surface area contributed by atoms with Crippen LogP contribution in [-0.4, -0.2) is 14.0 Å². The first-order valence-corrected chi connectivity index (χ1v) is 4.83. The van der Waals surface area contributed by atoms with Crippen LogP contribution in [0.15, 0.2) is 23.8 Å². The monoisotopic (exact) mass is 171 g/mol. The van der Waals surface area contributed by atoms with Crippen LogP contribution in [0.1, 0.15) is 19.8 Å². The van der Waals surface area contributed by atoms with Crippen LogP contribution in [-0.2, 0) is 11.1 Å². The van der Waals surface area contributed by atoms with E-state index in [1.54, 1.807) is 6.08 Å². The minimum Gasteiger partial charge on any atom is -0.772 e. The molecule has 0 bridgehead atoms. The summed E-state index contributed by atoms with van der Waals surface area (Å²) in [5.74, 6) is 0. The number of allylic oxidation sites excluding steroid dienone is 3. The fourth-order valence-corrected chi connectivity index (χ4v) is 1.51.